The van der Waals surface area contributed by atoms with Crippen LogP contribution in [0.1, 0.15) is 33.5 Å². The van der Waals surface area contributed by atoms with Gasteiger partial charge >= 0.3 is 12.1 Å². The maximum atomic E-state index is 13.8. The summed E-state index contributed by atoms with van der Waals surface area (Å²) in [5, 5.41) is 29.2. The molecule has 0 aliphatic carbocycles. The summed E-state index contributed by atoms with van der Waals surface area (Å²) >= 11 is 11.6. The second-order valence-corrected chi connectivity index (χ2v) is 7.65. The number of rotatable bonds is 7. The first-order valence-electron chi connectivity index (χ1n) is 8.68. The van der Waals surface area contributed by atoms with Crippen molar-refractivity contribution in [1.82, 2.24) is 5.32 Å². The Morgan fingerprint density at radius 3 is 2.16 bits per heavy atom. The van der Waals surface area contributed by atoms with Crippen LogP contribution in [0.3, 0.4) is 0 Å². The first kappa shape index (κ1) is 24.6. The van der Waals surface area contributed by atoms with E-state index in [1.165, 1.54) is 31.2 Å². The Morgan fingerprint density at radius 2 is 1.68 bits per heavy atom. The number of aryl methyl sites for hydroxylation is 1. The van der Waals surface area contributed by atoms with Gasteiger partial charge in [-0.2, -0.15) is 13.2 Å². The molecule has 0 saturated heterocycles. The number of carbonyl (C=O) groups is 2. The summed E-state index contributed by atoms with van der Waals surface area (Å²) in [6.07, 6.45) is -6.27. The number of amides is 1. The standard InChI is InChI=1S/C20H17Cl2F3N2O4/c1-10-4-11(2-3-15(10)18(30)27-9-17(28)29)16(26)8-19(31,20(23,24)25)12-5-13(21)7-14(22)6-12/h2-7,26,31H,8-9H2,1H3,(H,27,30)(H,28,29). The predicted octanol–water partition coefficient (Wildman–Crippen LogP) is 4.32. The molecule has 166 valence electrons. The fourth-order valence-corrected chi connectivity index (χ4v) is 3.40. The minimum atomic E-state index is -5.14. The van der Waals surface area contributed by atoms with Crippen LogP contribution in [-0.4, -0.2) is 40.5 Å². The van der Waals surface area contributed by atoms with Gasteiger partial charge in [-0.1, -0.05) is 29.3 Å². The van der Waals surface area contributed by atoms with Crippen LogP contribution in [0.2, 0.25) is 10.0 Å². The van der Waals surface area contributed by atoms with Crippen molar-refractivity contribution in [1.29, 1.82) is 5.41 Å². The molecule has 2 aromatic carbocycles. The van der Waals surface area contributed by atoms with Crippen molar-refractivity contribution in [2.75, 3.05) is 6.54 Å². The smallest absolute Gasteiger partial charge is 0.421 e. The molecule has 11 heteroatoms. The highest BCUT2D eigenvalue weighted by atomic mass is 35.5. The van der Waals surface area contributed by atoms with Crippen LogP contribution in [0, 0.1) is 12.3 Å². The number of benzene rings is 2. The lowest BCUT2D eigenvalue weighted by atomic mass is 9.85. The molecular weight excluding hydrogens is 460 g/mol. The molecule has 2 rings (SSSR count). The van der Waals surface area contributed by atoms with E-state index in [2.05, 4.69) is 5.32 Å². The van der Waals surface area contributed by atoms with Gasteiger partial charge in [0.2, 0.25) is 0 Å². The first-order chi connectivity index (χ1) is 14.2. The van der Waals surface area contributed by atoms with E-state index in [4.69, 9.17) is 33.7 Å². The molecule has 6 nitrogen and oxygen atoms in total. The van der Waals surface area contributed by atoms with Gasteiger partial charge in [0, 0.05) is 27.7 Å². The second-order valence-electron chi connectivity index (χ2n) is 6.78. The summed E-state index contributed by atoms with van der Waals surface area (Å²) in [6, 6.07) is 6.88. The molecule has 0 bridgehead atoms. The zero-order valence-electron chi connectivity index (χ0n) is 16.0. The monoisotopic (exact) mass is 476 g/mol. The molecule has 0 aliphatic heterocycles. The van der Waals surface area contributed by atoms with Gasteiger partial charge in [-0.25, -0.2) is 0 Å². The van der Waals surface area contributed by atoms with E-state index >= 15 is 0 Å². The van der Waals surface area contributed by atoms with Gasteiger partial charge in [0.05, 0.1) is 0 Å². The number of alkyl halides is 3. The summed E-state index contributed by atoms with van der Waals surface area (Å²) in [7, 11) is 0. The Morgan fingerprint density at radius 1 is 1.10 bits per heavy atom. The Labute approximate surface area is 185 Å². The molecule has 0 saturated carbocycles. The van der Waals surface area contributed by atoms with Crippen molar-refractivity contribution >= 4 is 40.8 Å². The van der Waals surface area contributed by atoms with E-state index in [9.17, 15) is 27.9 Å². The SMILES string of the molecule is Cc1cc(C(=N)CC(O)(c2cc(Cl)cc(Cl)c2)C(F)(F)F)ccc1C(=O)NCC(=O)O. The number of nitrogens with one attached hydrogen (secondary N) is 2. The molecule has 1 amide bonds. The van der Waals surface area contributed by atoms with Crippen molar-refractivity contribution in [3.63, 3.8) is 0 Å². The highest BCUT2D eigenvalue weighted by Gasteiger charge is 2.55. The third-order valence-electron chi connectivity index (χ3n) is 4.46. The van der Waals surface area contributed by atoms with Crippen molar-refractivity contribution in [2.45, 2.75) is 25.1 Å². The number of aliphatic carboxylic acids is 1. The van der Waals surface area contributed by atoms with Crippen LogP contribution in [0.25, 0.3) is 0 Å². The highest BCUT2D eigenvalue weighted by molar-refractivity contribution is 6.34. The molecule has 0 spiro atoms. The number of carboxylic acid groups (broad SMARTS) is 1. The molecule has 0 heterocycles. The van der Waals surface area contributed by atoms with Crippen molar-refractivity contribution in [3.05, 3.63) is 68.7 Å². The fourth-order valence-electron chi connectivity index (χ4n) is 2.87. The zero-order chi connectivity index (χ0) is 23.6. The van der Waals surface area contributed by atoms with Gasteiger partial charge in [-0.05, 0) is 53.9 Å². The number of carboxylic acids is 1. The largest absolute Gasteiger partial charge is 0.480 e. The normalized spacial score (nSPS) is 13.4. The Bertz CT molecular complexity index is 1020. The summed E-state index contributed by atoms with van der Waals surface area (Å²) in [5.41, 5.74) is -4.12. The maximum absolute atomic E-state index is 13.8. The molecule has 31 heavy (non-hydrogen) atoms. The molecule has 0 aliphatic rings. The minimum Gasteiger partial charge on any atom is -0.480 e. The zero-order valence-corrected chi connectivity index (χ0v) is 17.5. The van der Waals surface area contributed by atoms with Crippen LogP contribution in [-0.2, 0) is 10.4 Å². The Kier molecular flexibility index (Phi) is 7.36. The van der Waals surface area contributed by atoms with Gasteiger partial charge in [0.15, 0.2) is 5.60 Å². The lowest BCUT2D eigenvalue weighted by molar-refractivity contribution is -0.263. The molecule has 0 fully saturated rings. The van der Waals surface area contributed by atoms with E-state index in [-0.39, 0.29) is 21.2 Å². The molecule has 0 aromatic heterocycles. The average Bonchev–Trinajstić information content (AvgIpc) is 2.64. The van der Waals surface area contributed by atoms with Crippen molar-refractivity contribution in [2.24, 2.45) is 0 Å². The quantitative estimate of drug-likeness (QED) is 0.445. The van der Waals surface area contributed by atoms with Crippen LogP contribution in [0.15, 0.2) is 36.4 Å². The minimum absolute atomic E-state index is 0.0445. The topological polar surface area (TPSA) is 110 Å². The van der Waals surface area contributed by atoms with Gasteiger partial charge in [0.1, 0.15) is 6.54 Å². The first-order valence-corrected chi connectivity index (χ1v) is 9.44. The third-order valence-corrected chi connectivity index (χ3v) is 4.90. The highest BCUT2D eigenvalue weighted by Crippen LogP contribution is 2.43. The molecule has 0 radical (unpaired) electrons. The second kappa shape index (κ2) is 9.25. The van der Waals surface area contributed by atoms with Crippen LogP contribution >= 0.6 is 23.2 Å². The molecule has 4 N–H and O–H groups in total. The number of halogens is 5. The van der Waals surface area contributed by atoms with E-state index < -0.39 is 47.9 Å². The summed E-state index contributed by atoms with van der Waals surface area (Å²) in [6.45, 7) is 0.885. The Hall–Kier alpha value is -2.62. The van der Waals surface area contributed by atoms with Crippen LogP contribution < -0.4 is 5.32 Å². The van der Waals surface area contributed by atoms with Crippen LogP contribution in [0.4, 0.5) is 13.2 Å². The van der Waals surface area contributed by atoms with Crippen molar-refractivity contribution < 1.29 is 33.0 Å². The van der Waals surface area contributed by atoms with Crippen LogP contribution in [0.5, 0.6) is 0 Å². The predicted molar refractivity (Wildman–Crippen MR) is 109 cm³/mol. The summed E-state index contributed by atoms with van der Waals surface area (Å²) in [4.78, 5) is 22.6. The number of aliphatic hydroxyl groups is 1. The fraction of sp³-hybridized carbons (Fsp3) is 0.250. The Balaban J connectivity index is 2.35. The molecule has 2 aromatic rings. The average molecular weight is 477 g/mol. The van der Waals surface area contributed by atoms with E-state index in [1.807, 2.05) is 0 Å². The summed E-state index contributed by atoms with van der Waals surface area (Å²) < 4.78 is 41.4. The van der Waals surface area contributed by atoms with Gasteiger partial charge in [0.25, 0.3) is 5.91 Å². The van der Waals surface area contributed by atoms with E-state index in [0.717, 1.165) is 12.1 Å². The number of hydrogen-bond donors (Lipinski definition) is 4. The van der Waals surface area contributed by atoms with Gasteiger partial charge in [-0.15, -0.1) is 0 Å². The van der Waals surface area contributed by atoms with E-state index in [1.54, 1.807) is 0 Å². The lowest BCUT2D eigenvalue weighted by Crippen LogP contribution is -2.44. The molecule has 1 unspecified atom stereocenters. The summed E-state index contributed by atoms with van der Waals surface area (Å²) in [5.74, 6) is -1.92. The van der Waals surface area contributed by atoms with Gasteiger partial charge < -0.3 is 20.9 Å². The molecule has 1 atom stereocenters. The maximum Gasteiger partial charge on any atom is 0.421 e. The number of hydrogen-bond acceptors (Lipinski definition) is 4. The molecular formula is C20H17Cl2F3N2O4. The van der Waals surface area contributed by atoms with Crippen molar-refractivity contribution in [3.8, 4) is 0 Å². The van der Waals surface area contributed by atoms with E-state index in [0.29, 0.717) is 5.56 Å². The lowest BCUT2D eigenvalue weighted by Gasteiger charge is -2.31. The van der Waals surface area contributed by atoms with Gasteiger partial charge in [-0.3, -0.25) is 9.59 Å². The third kappa shape index (κ3) is 5.75. The number of carbonyl (C=O) groups excluding carboxylic acids is 1.